The van der Waals surface area contributed by atoms with E-state index in [1.807, 2.05) is 0 Å². The molecule has 0 aliphatic heterocycles. The topological polar surface area (TPSA) is 105 Å². The van der Waals surface area contributed by atoms with Crippen LogP contribution in [0.15, 0.2) is 18.2 Å². The lowest BCUT2D eigenvalue weighted by atomic mass is 10.1. The number of carbonyl (C=O) groups excluding carboxylic acids is 1. The Kier molecular flexibility index (Phi) is 5.76. The molecule has 0 radical (unpaired) electrons. The molecule has 1 amide bonds. The lowest BCUT2D eigenvalue weighted by molar-refractivity contribution is -0.146. The van der Waals surface area contributed by atoms with Crippen molar-refractivity contribution in [3.63, 3.8) is 0 Å². The number of anilines is 1. The van der Waals surface area contributed by atoms with E-state index < -0.39 is 23.8 Å². The van der Waals surface area contributed by atoms with Crippen LogP contribution in [0.25, 0.3) is 0 Å². The first-order valence-corrected chi connectivity index (χ1v) is 6.70. The van der Waals surface area contributed by atoms with Gasteiger partial charge >= 0.3 is 12.1 Å². The number of ether oxygens (including phenoxy) is 2. The molecule has 22 heavy (non-hydrogen) atoms. The Hall–Kier alpha value is -2.28. The van der Waals surface area contributed by atoms with E-state index in [4.69, 9.17) is 14.6 Å². The first kappa shape index (κ1) is 17.8. The predicted octanol–water partition coefficient (Wildman–Crippen LogP) is 2.03. The van der Waals surface area contributed by atoms with E-state index in [-0.39, 0.29) is 6.42 Å². The van der Waals surface area contributed by atoms with Crippen LogP contribution in [0, 0.1) is 0 Å². The minimum atomic E-state index is -1.58. The molecular formula is C15H21NO6. The van der Waals surface area contributed by atoms with Gasteiger partial charge in [0.05, 0.1) is 7.11 Å². The molecule has 0 heterocycles. The summed E-state index contributed by atoms with van der Waals surface area (Å²) in [5.41, 5.74) is 0.132. The van der Waals surface area contributed by atoms with Gasteiger partial charge in [-0.05, 0) is 44.5 Å². The Balaban J connectivity index is 2.97. The van der Waals surface area contributed by atoms with E-state index in [2.05, 4.69) is 5.32 Å². The molecule has 0 aromatic heterocycles. The number of methoxy groups -OCH3 is 1. The Morgan fingerprint density at radius 3 is 2.45 bits per heavy atom. The number of carboxylic acids is 1. The highest BCUT2D eigenvalue weighted by Crippen LogP contribution is 2.24. The minimum Gasteiger partial charge on any atom is -0.497 e. The van der Waals surface area contributed by atoms with Crippen LogP contribution >= 0.6 is 0 Å². The summed E-state index contributed by atoms with van der Waals surface area (Å²) in [5.74, 6) is -0.853. The summed E-state index contributed by atoms with van der Waals surface area (Å²) in [6.07, 6.45) is -2.41. The number of carboxylic acid groups (broad SMARTS) is 1. The van der Waals surface area contributed by atoms with Gasteiger partial charge in [-0.1, -0.05) is 0 Å². The van der Waals surface area contributed by atoms with Crippen LogP contribution in [0.5, 0.6) is 5.75 Å². The summed E-state index contributed by atoms with van der Waals surface area (Å²) in [7, 11) is 1.47. The lowest BCUT2D eigenvalue weighted by Gasteiger charge is -2.21. The molecule has 1 unspecified atom stereocenters. The maximum Gasteiger partial charge on any atom is 0.412 e. The molecule has 7 heteroatoms. The average Bonchev–Trinajstić information content (AvgIpc) is 2.38. The molecular weight excluding hydrogens is 290 g/mol. The van der Waals surface area contributed by atoms with Crippen LogP contribution < -0.4 is 10.1 Å². The zero-order valence-electron chi connectivity index (χ0n) is 13.0. The molecule has 122 valence electrons. The summed E-state index contributed by atoms with van der Waals surface area (Å²) in [5, 5.41) is 20.8. The molecule has 0 saturated carbocycles. The summed E-state index contributed by atoms with van der Waals surface area (Å²) in [6.45, 7) is 5.20. The van der Waals surface area contributed by atoms with E-state index in [1.54, 1.807) is 39.0 Å². The molecule has 0 fully saturated rings. The summed E-state index contributed by atoms with van der Waals surface area (Å²) < 4.78 is 10.2. The van der Waals surface area contributed by atoms with Crippen molar-refractivity contribution in [2.75, 3.05) is 12.4 Å². The SMILES string of the molecule is COc1ccc(NC(=O)OC(C)(C)C)c(CC(O)C(=O)O)c1. The number of aliphatic hydroxyl groups excluding tert-OH is 1. The van der Waals surface area contributed by atoms with Gasteiger partial charge in [-0.15, -0.1) is 0 Å². The van der Waals surface area contributed by atoms with Gasteiger partial charge < -0.3 is 19.7 Å². The van der Waals surface area contributed by atoms with Crippen LogP contribution in [0.1, 0.15) is 26.3 Å². The molecule has 0 aliphatic carbocycles. The van der Waals surface area contributed by atoms with E-state index in [9.17, 15) is 14.7 Å². The van der Waals surface area contributed by atoms with Gasteiger partial charge in [0, 0.05) is 12.1 Å². The van der Waals surface area contributed by atoms with Crippen molar-refractivity contribution >= 4 is 17.7 Å². The first-order chi connectivity index (χ1) is 10.1. The largest absolute Gasteiger partial charge is 0.497 e. The molecule has 1 rings (SSSR count). The Morgan fingerprint density at radius 1 is 1.32 bits per heavy atom. The molecule has 1 atom stereocenters. The number of rotatable bonds is 5. The summed E-state index contributed by atoms with van der Waals surface area (Å²) in [6, 6.07) is 4.73. The molecule has 0 saturated heterocycles. The highest BCUT2D eigenvalue weighted by Gasteiger charge is 2.20. The smallest absolute Gasteiger partial charge is 0.412 e. The van der Waals surface area contributed by atoms with Crippen molar-refractivity contribution in [2.24, 2.45) is 0 Å². The highest BCUT2D eigenvalue weighted by atomic mass is 16.6. The van der Waals surface area contributed by atoms with E-state index in [1.165, 1.54) is 7.11 Å². The number of amides is 1. The number of carbonyl (C=O) groups is 2. The minimum absolute atomic E-state index is 0.169. The number of nitrogens with one attached hydrogen (secondary N) is 1. The second-order valence-electron chi connectivity index (χ2n) is 5.71. The van der Waals surface area contributed by atoms with E-state index >= 15 is 0 Å². The van der Waals surface area contributed by atoms with Crippen molar-refractivity contribution in [1.82, 2.24) is 0 Å². The molecule has 0 spiro atoms. The van der Waals surface area contributed by atoms with Gasteiger partial charge in [0.25, 0.3) is 0 Å². The maximum absolute atomic E-state index is 11.8. The number of aliphatic carboxylic acids is 1. The fourth-order valence-corrected chi connectivity index (χ4v) is 1.70. The summed E-state index contributed by atoms with van der Waals surface area (Å²) in [4.78, 5) is 22.6. The van der Waals surface area contributed by atoms with Gasteiger partial charge in [-0.25, -0.2) is 9.59 Å². The van der Waals surface area contributed by atoms with Crippen molar-refractivity contribution in [2.45, 2.75) is 38.9 Å². The third-order valence-corrected chi connectivity index (χ3v) is 2.65. The fourth-order valence-electron chi connectivity index (χ4n) is 1.70. The van der Waals surface area contributed by atoms with E-state index in [0.29, 0.717) is 17.0 Å². The van der Waals surface area contributed by atoms with Gasteiger partial charge in [-0.2, -0.15) is 0 Å². The maximum atomic E-state index is 11.8. The quantitative estimate of drug-likeness (QED) is 0.768. The van der Waals surface area contributed by atoms with Crippen molar-refractivity contribution in [1.29, 1.82) is 0 Å². The molecule has 1 aromatic rings. The van der Waals surface area contributed by atoms with Crippen molar-refractivity contribution in [3.8, 4) is 5.75 Å². The number of hydrogen-bond acceptors (Lipinski definition) is 5. The van der Waals surface area contributed by atoms with Crippen LogP contribution in [0.3, 0.4) is 0 Å². The standard InChI is InChI=1S/C15H21NO6/c1-15(2,3)22-14(20)16-11-6-5-10(21-4)7-9(11)8-12(17)13(18)19/h5-7,12,17H,8H2,1-4H3,(H,16,20)(H,18,19). The number of aliphatic hydroxyl groups is 1. The van der Waals surface area contributed by atoms with Gasteiger partial charge in [-0.3, -0.25) is 5.32 Å². The number of benzene rings is 1. The zero-order valence-corrected chi connectivity index (χ0v) is 13.0. The van der Waals surface area contributed by atoms with Gasteiger partial charge in [0.2, 0.25) is 0 Å². The van der Waals surface area contributed by atoms with Gasteiger partial charge in [0.1, 0.15) is 11.4 Å². The van der Waals surface area contributed by atoms with Crippen molar-refractivity contribution < 1.29 is 29.3 Å². The Morgan fingerprint density at radius 2 is 1.95 bits per heavy atom. The lowest BCUT2D eigenvalue weighted by Crippen LogP contribution is -2.28. The Bertz CT molecular complexity index is 549. The average molecular weight is 311 g/mol. The molecule has 0 aliphatic rings. The molecule has 0 bridgehead atoms. The third-order valence-electron chi connectivity index (χ3n) is 2.65. The Labute approximate surface area is 128 Å². The second-order valence-corrected chi connectivity index (χ2v) is 5.71. The van der Waals surface area contributed by atoms with Crippen LogP contribution in [-0.2, 0) is 16.0 Å². The first-order valence-electron chi connectivity index (χ1n) is 6.70. The zero-order chi connectivity index (χ0) is 16.9. The van der Waals surface area contributed by atoms with Gasteiger partial charge in [0.15, 0.2) is 6.10 Å². The van der Waals surface area contributed by atoms with Crippen LogP contribution in [-0.4, -0.2) is 41.1 Å². The van der Waals surface area contributed by atoms with Crippen LogP contribution in [0.2, 0.25) is 0 Å². The van der Waals surface area contributed by atoms with Crippen molar-refractivity contribution in [3.05, 3.63) is 23.8 Å². The third kappa shape index (κ3) is 5.61. The highest BCUT2D eigenvalue weighted by molar-refractivity contribution is 5.86. The predicted molar refractivity (Wildman–Crippen MR) is 80.2 cm³/mol. The number of hydrogen-bond donors (Lipinski definition) is 3. The molecule has 3 N–H and O–H groups in total. The van der Waals surface area contributed by atoms with E-state index in [0.717, 1.165) is 0 Å². The normalized spacial score (nSPS) is 12.4. The fraction of sp³-hybridized carbons (Fsp3) is 0.467. The second kappa shape index (κ2) is 7.13. The monoisotopic (exact) mass is 311 g/mol. The molecule has 1 aromatic carbocycles. The van der Waals surface area contributed by atoms with Crippen LogP contribution in [0.4, 0.5) is 10.5 Å². The summed E-state index contributed by atoms with van der Waals surface area (Å²) >= 11 is 0. The molecule has 7 nitrogen and oxygen atoms in total.